The van der Waals surface area contributed by atoms with Crippen molar-refractivity contribution < 1.29 is 9.47 Å². The lowest BCUT2D eigenvalue weighted by Gasteiger charge is -2.11. The maximum atomic E-state index is 5.83. The highest BCUT2D eigenvalue weighted by Crippen LogP contribution is 2.31. The summed E-state index contributed by atoms with van der Waals surface area (Å²) in [6.07, 6.45) is 0. The molecule has 0 aliphatic rings. The van der Waals surface area contributed by atoms with Gasteiger partial charge in [-0.3, -0.25) is 0 Å². The highest BCUT2D eigenvalue weighted by molar-refractivity contribution is 9.10. The van der Waals surface area contributed by atoms with Crippen molar-refractivity contribution >= 4 is 21.6 Å². The Bertz CT molecular complexity index is 573. The molecule has 0 fully saturated rings. The van der Waals surface area contributed by atoms with E-state index in [0.717, 1.165) is 10.0 Å². The summed E-state index contributed by atoms with van der Waals surface area (Å²) in [5.41, 5.74) is 7.30. The number of hydrogen-bond acceptors (Lipinski definition) is 4. The third-order valence-electron chi connectivity index (χ3n) is 2.43. The van der Waals surface area contributed by atoms with Crippen molar-refractivity contribution in [3.05, 3.63) is 40.4 Å². The standard InChI is InChI=1S/C13H13BrN2O2/c1-8-3-4-9(14)7-11(8)18-13-10(15)5-6-12(16-13)17-2/h3-7H,15H2,1-2H3. The SMILES string of the molecule is COc1ccc(N)c(Oc2cc(Br)ccc2C)n1. The second kappa shape index (κ2) is 5.27. The van der Waals surface area contributed by atoms with E-state index in [1.54, 1.807) is 19.2 Å². The number of nitrogen functional groups attached to an aromatic ring is 1. The van der Waals surface area contributed by atoms with E-state index in [1.807, 2.05) is 25.1 Å². The predicted molar refractivity (Wildman–Crippen MR) is 74.2 cm³/mol. The van der Waals surface area contributed by atoms with Crippen molar-refractivity contribution in [1.29, 1.82) is 0 Å². The van der Waals surface area contributed by atoms with Gasteiger partial charge in [-0.25, -0.2) is 0 Å². The summed E-state index contributed by atoms with van der Waals surface area (Å²) >= 11 is 3.40. The number of nitrogens with zero attached hydrogens (tertiary/aromatic N) is 1. The Morgan fingerprint density at radius 2 is 2.00 bits per heavy atom. The summed E-state index contributed by atoms with van der Waals surface area (Å²) in [5.74, 6) is 1.51. The lowest BCUT2D eigenvalue weighted by atomic mass is 10.2. The monoisotopic (exact) mass is 308 g/mol. The number of pyridine rings is 1. The molecule has 4 nitrogen and oxygen atoms in total. The third-order valence-corrected chi connectivity index (χ3v) is 2.92. The Morgan fingerprint density at radius 1 is 1.22 bits per heavy atom. The Labute approximate surface area is 114 Å². The predicted octanol–water partition coefficient (Wildman–Crippen LogP) is 3.54. The van der Waals surface area contributed by atoms with Gasteiger partial charge in [0.05, 0.1) is 12.8 Å². The van der Waals surface area contributed by atoms with Gasteiger partial charge in [0, 0.05) is 10.5 Å². The zero-order valence-corrected chi connectivity index (χ0v) is 11.7. The Hall–Kier alpha value is -1.75. The van der Waals surface area contributed by atoms with Crippen LogP contribution in [0.15, 0.2) is 34.8 Å². The highest BCUT2D eigenvalue weighted by atomic mass is 79.9. The summed E-state index contributed by atoms with van der Waals surface area (Å²) in [4.78, 5) is 4.17. The van der Waals surface area contributed by atoms with E-state index in [9.17, 15) is 0 Å². The van der Waals surface area contributed by atoms with Crippen molar-refractivity contribution in [2.45, 2.75) is 6.92 Å². The van der Waals surface area contributed by atoms with Gasteiger partial charge in [-0.05, 0) is 30.7 Å². The van der Waals surface area contributed by atoms with Crippen LogP contribution in [0.2, 0.25) is 0 Å². The number of methoxy groups -OCH3 is 1. The fourth-order valence-corrected chi connectivity index (χ4v) is 1.76. The van der Waals surface area contributed by atoms with Crippen LogP contribution >= 0.6 is 15.9 Å². The number of benzene rings is 1. The second-order valence-corrected chi connectivity index (χ2v) is 4.68. The zero-order chi connectivity index (χ0) is 13.1. The number of nitrogens with two attached hydrogens (primary N) is 1. The normalized spacial score (nSPS) is 10.2. The summed E-state index contributed by atoms with van der Waals surface area (Å²) in [7, 11) is 1.55. The largest absolute Gasteiger partial charge is 0.481 e. The fourth-order valence-electron chi connectivity index (χ4n) is 1.42. The van der Waals surface area contributed by atoms with Gasteiger partial charge in [-0.2, -0.15) is 4.98 Å². The van der Waals surface area contributed by atoms with Crippen LogP contribution in [0.5, 0.6) is 17.5 Å². The lowest BCUT2D eigenvalue weighted by molar-refractivity contribution is 0.383. The number of rotatable bonds is 3. The molecule has 0 bridgehead atoms. The van der Waals surface area contributed by atoms with Crippen LogP contribution in [-0.2, 0) is 0 Å². The molecule has 0 unspecified atom stereocenters. The molecule has 0 amide bonds. The molecule has 0 aliphatic heterocycles. The van der Waals surface area contributed by atoms with Crippen molar-refractivity contribution in [1.82, 2.24) is 4.98 Å². The minimum absolute atomic E-state index is 0.343. The number of ether oxygens (including phenoxy) is 2. The number of halogens is 1. The number of anilines is 1. The quantitative estimate of drug-likeness (QED) is 0.942. The molecule has 2 aromatic rings. The minimum atomic E-state index is 0.343. The van der Waals surface area contributed by atoms with E-state index in [-0.39, 0.29) is 0 Å². The molecule has 1 aromatic heterocycles. The van der Waals surface area contributed by atoms with Crippen LogP contribution in [0.3, 0.4) is 0 Å². The minimum Gasteiger partial charge on any atom is -0.481 e. The summed E-state index contributed by atoms with van der Waals surface area (Å²) in [5, 5.41) is 0. The molecule has 5 heteroatoms. The number of aromatic nitrogens is 1. The number of hydrogen-bond donors (Lipinski definition) is 1. The lowest BCUT2D eigenvalue weighted by Crippen LogP contribution is -1.98. The molecule has 0 saturated heterocycles. The molecule has 0 radical (unpaired) electrons. The molecule has 0 saturated carbocycles. The third kappa shape index (κ3) is 2.73. The Morgan fingerprint density at radius 3 is 2.72 bits per heavy atom. The first-order chi connectivity index (χ1) is 8.60. The molecule has 1 heterocycles. The second-order valence-electron chi connectivity index (χ2n) is 3.76. The van der Waals surface area contributed by atoms with E-state index in [0.29, 0.717) is 23.2 Å². The van der Waals surface area contributed by atoms with Crippen molar-refractivity contribution in [3.8, 4) is 17.5 Å². The van der Waals surface area contributed by atoms with E-state index in [2.05, 4.69) is 20.9 Å². The average molecular weight is 309 g/mol. The highest BCUT2D eigenvalue weighted by Gasteiger charge is 2.08. The van der Waals surface area contributed by atoms with Crippen LogP contribution in [0.25, 0.3) is 0 Å². The van der Waals surface area contributed by atoms with Gasteiger partial charge in [0.25, 0.3) is 0 Å². The summed E-state index contributed by atoms with van der Waals surface area (Å²) < 4.78 is 11.7. The van der Waals surface area contributed by atoms with Gasteiger partial charge >= 0.3 is 0 Å². The number of aryl methyl sites for hydroxylation is 1. The molecular weight excluding hydrogens is 296 g/mol. The van der Waals surface area contributed by atoms with Crippen LogP contribution in [0.4, 0.5) is 5.69 Å². The van der Waals surface area contributed by atoms with Crippen LogP contribution in [-0.4, -0.2) is 12.1 Å². The Kier molecular flexibility index (Phi) is 3.72. The maximum Gasteiger partial charge on any atom is 0.246 e. The molecule has 18 heavy (non-hydrogen) atoms. The average Bonchev–Trinajstić information content (AvgIpc) is 2.36. The van der Waals surface area contributed by atoms with Crippen LogP contribution < -0.4 is 15.2 Å². The van der Waals surface area contributed by atoms with Gasteiger partial charge in [-0.15, -0.1) is 0 Å². The summed E-state index contributed by atoms with van der Waals surface area (Å²) in [6.45, 7) is 1.96. The van der Waals surface area contributed by atoms with Gasteiger partial charge in [0.1, 0.15) is 5.75 Å². The molecular formula is C13H13BrN2O2. The van der Waals surface area contributed by atoms with Gasteiger partial charge < -0.3 is 15.2 Å². The van der Waals surface area contributed by atoms with Crippen molar-refractivity contribution in [2.24, 2.45) is 0 Å². The van der Waals surface area contributed by atoms with E-state index in [4.69, 9.17) is 15.2 Å². The summed E-state index contributed by atoms with van der Waals surface area (Å²) in [6, 6.07) is 9.17. The molecule has 0 atom stereocenters. The molecule has 2 N–H and O–H groups in total. The molecule has 0 spiro atoms. The molecule has 94 valence electrons. The topological polar surface area (TPSA) is 57.4 Å². The molecule has 1 aromatic carbocycles. The zero-order valence-electron chi connectivity index (χ0n) is 10.1. The van der Waals surface area contributed by atoms with Crippen LogP contribution in [0, 0.1) is 6.92 Å². The van der Waals surface area contributed by atoms with Gasteiger partial charge in [0.15, 0.2) is 0 Å². The first-order valence-corrected chi connectivity index (χ1v) is 6.14. The first-order valence-electron chi connectivity index (χ1n) is 5.34. The van der Waals surface area contributed by atoms with E-state index in [1.165, 1.54) is 0 Å². The van der Waals surface area contributed by atoms with Crippen LogP contribution in [0.1, 0.15) is 5.56 Å². The van der Waals surface area contributed by atoms with Gasteiger partial charge in [0.2, 0.25) is 11.8 Å². The first kappa shape index (κ1) is 12.7. The smallest absolute Gasteiger partial charge is 0.246 e. The van der Waals surface area contributed by atoms with Gasteiger partial charge in [-0.1, -0.05) is 22.0 Å². The van der Waals surface area contributed by atoms with Crippen molar-refractivity contribution in [3.63, 3.8) is 0 Å². The Balaban J connectivity index is 2.36. The maximum absolute atomic E-state index is 5.83. The van der Waals surface area contributed by atoms with Crippen molar-refractivity contribution in [2.75, 3.05) is 12.8 Å². The molecule has 2 rings (SSSR count). The fraction of sp³-hybridized carbons (Fsp3) is 0.154. The van der Waals surface area contributed by atoms with E-state index >= 15 is 0 Å². The molecule has 0 aliphatic carbocycles. The van der Waals surface area contributed by atoms with E-state index < -0.39 is 0 Å².